The van der Waals surface area contributed by atoms with Crippen molar-refractivity contribution in [2.24, 2.45) is 5.41 Å². The molecule has 0 aromatic heterocycles. The summed E-state index contributed by atoms with van der Waals surface area (Å²) in [5.41, 5.74) is -0.885. The van der Waals surface area contributed by atoms with E-state index in [0.717, 1.165) is 12.8 Å². The first-order chi connectivity index (χ1) is 8.04. The van der Waals surface area contributed by atoms with E-state index in [1.165, 1.54) is 7.11 Å². The van der Waals surface area contributed by atoms with E-state index < -0.39 is 5.41 Å². The minimum atomic E-state index is -0.885. The Kier molecular flexibility index (Phi) is 4.50. The minimum absolute atomic E-state index is 0.129. The maximum absolute atomic E-state index is 12.0. The molecule has 1 rings (SSSR count). The van der Waals surface area contributed by atoms with Crippen LogP contribution in [0.3, 0.4) is 0 Å². The summed E-state index contributed by atoms with van der Waals surface area (Å²) < 4.78 is 4.52. The van der Waals surface area contributed by atoms with Crippen LogP contribution >= 0.6 is 0 Å². The Balaban J connectivity index is 2.54. The van der Waals surface area contributed by atoms with Crippen LogP contribution < -0.4 is 5.32 Å². The van der Waals surface area contributed by atoms with Gasteiger partial charge < -0.3 is 10.1 Å². The average molecular weight is 238 g/mol. The number of ether oxygens (including phenoxy) is 1. The van der Waals surface area contributed by atoms with Crippen molar-refractivity contribution in [3.05, 3.63) is 0 Å². The number of rotatable bonds is 4. The highest BCUT2D eigenvalue weighted by Gasteiger charge is 2.41. The number of nitrogens with one attached hydrogen (secondary N) is 1. The number of amides is 1. The fourth-order valence-electron chi connectivity index (χ4n) is 2.11. The first kappa shape index (κ1) is 13.5. The molecule has 1 aliphatic carbocycles. The van der Waals surface area contributed by atoms with Crippen LogP contribution in [0.25, 0.3) is 0 Å². The lowest BCUT2D eigenvalue weighted by molar-refractivity contribution is -0.141. The highest BCUT2D eigenvalue weighted by Crippen LogP contribution is 2.37. The molecule has 94 valence electrons. The Morgan fingerprint density at radius 3 is 2.53 bits per heavy atom. The maximum Gasteiger partial charge on any atom is 0.307 e. The lowest BCUT2D eigenvalue weighted by Crippen LogP contribution is -2.43. The molecule has 0 saturated heterocycles. The third-order valence-corrected chi connectivity index (χ3v) is 3.18. The number of hydrogen-bond acceptors (Lipinski definition) is 4. The van der Waals surface area contributed by atoms with Gasteiger partial charge in [0.05, 0.1) is 19.6 Å². The molecule has 0 bridgehead atoms. The number of nitriles is 1. The summed E-state index contributed by atoms with van der Waals surface area (Å²) >= 11 is 0. The highest BCUT2D eigenvalue weighted by atomic mass is 16.5. The van der Waals surface area contributed by atoms with Crippen LogP contribution in [-0.2, 0) is 14.3 Å². The van der Waals surface area contributed by atoms with E-state index in [1.807, 2.05) is 0 Å². The van der Waals surface area contributed by atoms with Gasteiger partial charge in [-0.3, -0.25) is 9.59 Å². The normalized spacial score (nSPS) is 19.1. The molecule has 1 aliphatic rings. The van der Waals surface area contributed by atoms with Crippen molar-refractivity contribution < 1.29 is 14.3 Å². The Bertz CT molecular complexity index is 340. The molecule has 1 fully saturated rings. The SMILES string of the molecule is COC(=O)CC(C)NC(=O)C1(C#N)CCCC1. The van der Waals surface area contributed by atoms with Crippen molar-refractivity contribution in [1.82, 2.24) is 5.32 Å². The van der Waals surface area contributed by atoms with Gasteiger partial charge in [-0.15, -0.1) is 0 Å². The summed E-state index contributed by atoms with van der Waals surface area (Å²) in [6, 6.07) is 1.82. The standard InChI is InChI=1S/C12H18N2O3/c1-9(7-10(15)17-2)14-11(16)12(8-13)5-3-4-6-12/h9H,3-7H2,1-2H3,(H,14,16). The number of nitrogens with zero attached hydrogens (tertiary/aromatic N) is 1. The minimum Gasteiger partial charge on any atom is -0.469 e. The predicted molar refractivity (Wildman–Crippen MR) is 60.8 cm³/mol. The Labute approximate surface area is 101 Å². The second-order valence-electron chi connectivity index (χ2n) is 4.56. The first-order valence-electron chi connectivity index (χ1n) is 5.83. The summed E-state index contributed by atoms with van der Waals surface area (Å²) in [5.74, 6) is -0.621. The molecule has 1 amide bonds. The lowest BCUT2D eigenvalue weighted by Gasteiger charge is -2.22. The molecule has 0 radical (unpaired) electrons. The summed E-state index contributed by atoms with van der Waals surface area (Å²) in [4.78, 5) is 23.0. The Hall–Kier alpha value is -1.57. The van der Waals surface area contributed by atoms with Crippen LogP contribution in [0.2, 0.25) is 0 Å². The predicted octanol–water partition coefficient (Wildman–Crippen LogP) is 1.14. The molecule has 0 spiro atoms. The summed E-state index contributed by atoms with van der Waals surface area (Å²) in [6.07, 6.45) is 3.17. The van der Waals surface area contributed by atoms with E-state index in [2.05, 4.69) is 16.1 Å². The van der Waals surface area contributed by atoms with Gasteiger partial charge in [0.1, 0.15) is 5.41 Å². The van der Waals surface area contributed by atoms with Crippen molar-refractivity contribution in [1.29, 1.82) is 5.26 Å². The molecule has 0 aliphatic heterocycles. The van der Waals surface area contributed by atoms with E-state index >= 15 is 0 Å². The lowest BCUT2D eigenvalue weighted by atomic mass is 9.87. The smallest absolute Gasteiger partial charge is 0.307 e. The van der Waals surface area contributed by atoms with Gasteiger partial charge in [0.25, 0.3) is 0 Å². The molecular weight excluding hydrogens is 220 g/mol. The number of esters is 1. The van der Waals surface area contributed by atoms with Crippen LogP contribution in [-0.4, -0.2) is 25.0 Å². The summed E-state index contributed by atoms with van der Waals surface area (Å²) in [5, 5.41) is 11.8. The van der Waals surface area contributed by atoms with Crippen LogP contribution in [0.15, 0.2) is 0 Å². The van der Waals surface area contributed by atoms with Gasteiger partial charge in [0.2, 0.25) is 5.91 Å². The number of carbonyl (C=O) groups excluding carboxylic acids is 2. The van der Waals surface area contributed by atoms with Crippen molar-refractivity contribution in [2.45, 2.75) is 45.1 Å². The molecule has 1 unspecified atom stereocenters. The van der Waals surface area contributed by atoms with E-state index in [-0.39, 0.29) is 24.3 Å². The van der Waals surface area contributed by atoms with Gasteiger partial charge in [-0.2, -0.15) is 5.26 Å². The number of carbonyl (C=O) groups is 2. The Morgan fingerprint density at radius 2 is 2.06 bits per heavy atom. The van der Waals surface area contributed by atoms with Crippen LogP contribution in [0, 0.1) is 16.7 Å². The highest BCUT2D eigenvalue weighted by molar-refractivity contribution is 5.86. The van der Waals surface area contributed by atoms with Crippen molar-refractivity contribution in [3.63, 3.8) is 0 Å². The van der Waals surface area contributed by atoms with Gasteiger partial charge in [0.15, 0.2) is 0 Å². The summed E-state index contributed by atoms with van der Waals surface area (Å²) in [6.45, 7) is 1.73. The van der Waals surface area contributed by atoms with Crippen LogP contribution in [0.4, 0.5) is 0 Å². The van der Waals surface area contributed by atoms with Crippen molar-refractivity contribution in [3.8, 4) is 6.07 Å². The number of methoxy groups -OCH3 is 1. The van der Waals surface area contributed by atoms with Gasteiger partial charge in [0, 0.05) is 6.04 Å². The second-order valence-corrected chi connectivity index (χ2v) is 4.56. The molecule has 0 heterocycles. The molecule has 1 saturated carbocycles. The fraction of sp³-hybridized carbons (Fsp3) is 0.750. The van der Waals surface area contributed by atoms with Crippen molar-refractivity contribution in [2.75, 3.05) is 7.11 Å². The van der Waals surface area contributed by atoms with E-state index in [9.17, 15) is 9.59 Å². The second kappa shape index (κ2) is 5.67. The third-order valence-electron chi connectivity index (χ3n) is 3.18. The molecule has 5 heteroatoms. The average Bonchev–Trinajstić information content (AvgIpc) is 2.78. The molecule has 0 aromatic rings. The summed E-state index contributed by atoms with van der Waals surface area (Å²) in [7, 11) is 1.31. The molecule has 5 nitrogen and oxygen atoms in total. The van der Waals surface area contributed by atoms with Crippen LogP contribution in [0.5, 0.6) is 0 Å². The zero-order chi connectivity index (χ0) is 12.9. The topological polar surface area (TPSA) is 79.2 Å². The quantitative estimate of drug-likeness (QED) is 0.745. The van der Waals surface area contributed by atoms with Gasteiger partial charge in [-0.25, -0.2) is 0 Å². The largest absolute Gasteiger partial charge is 0.469 e. The van der Waals surface area contributed by atoms with Gasteiger partial charge in [-0.05, 0) is 19.8 Å². The Morgan fingerprint density at radius 1 is 1.47 bits per heavy atom. The monoisotopic (exact) mass is 238 g/mol. The zero-order valence-corrected chi connectivity index (χ0v) is 10.3. The van der Waals surface area contributed by atoms with Gasteiger partial charge >= 0.3 is 5.97 Å². The third kappa shape index (κ3) is 3.19. The van der Waals surface area contributed by atoms with E-state index in [0.29, 0.717) is 12.8 Å². The van der Waals surface area contributed by atoms with E-state index in [1.54, 1.807) is 6.92 Å². The number of hydrogen-bond donors (Lipinski definition) is 1. The molecule has 17 heavy (non-hydrogen) atoms. The fourth-order valence-corrected chi connectivity index (χ4v) is 2.11. The first-order valence-corrected chi connectivity index (χ1v) is 5.83. The van der Waals surface area contributed by atoms with Crippen molar-refractivity contribution >= 4 is 11.9 Å². The van der Waals surface area contributed by atoms with Gasteiger partial charge in [-0.1, -0.05) is 12.8 Å². The molecule has 0 aromatic carbocycles. The molecular formula is C12H18N2O3. The molecule has 1 N–H and O–H groups in total. The zero-order valence-electron chi connectivity index (χ0n) is 10.3. The maximum atomic E-state index is 12.0. The van der Waals surface area contributed by atoms with E-state index in [4.69, 9.17) is 5.26 Å². The molecule has 1 atom stereocenters. The van der Waals surface area contributed by atoms with Crippen LogP contribution in [0.1, 0.15) is 39.0 Å².